The van der Waals surface area contributed by atoms with Gasteiger partial charge in [-0.1, -0.05) is 71.3 Å². The highest BCUT2D eigenvalue weighted by atomic mass is 19.1. The maximum absolute atomic E-state index is 14.6. The van der Waals surface area contributed by atoms with Crippen LogP contribution in [0.2, 0.25) is 0 Å². The number of benzene rings is 1. The lowest BCUT2D eigenvalue weighted by molar-refractivity contribution is 0.249. The summed E-state index contributed by atoms with van der Waals surface area (Å²) in [5.41, 5.74) is 2.66. The van der Waals surface area contributed by atoms with E-state index in [1.165, 1.54) is 57.8 Å². The number of aromatic nitrogens is 2. The van der Waals surface area contributed by atoms with Gasteiger partial charge < -0.3 is 0 Å². The molecule has 0 saturated heterocycles. The largest absolute Gasteiger partial charge is 0.236 e. The van der Waals surface area contributed by atoms with E-state index in [2.05, 4.69) is 23.8 Å². The predicted octanol–water partition coefficient (Wildman–Crippen LogP) is 7.16. The van der Waals surface area contributed by atoms with Crippen molar-refractivity contribution in [2.45, 2.75) is 84.5 Å². The molecule has 1 aromatic carbocycles. The second-order valence-corrected chi connectivity index (χ2v) is 8.50. The van der Waals surface area contributed by atoms with Crippen molar-refractivity contribution < 1.29 is 4.39 Å². The predicted molar refractivity (Wildman–Crippen MR) is 115 cm³/mol. The SMILES string of the molecule is CCCCC[C@H]1CC[C@H](CCc2ccc(-c3ncc(CC)cn3)c(F)c2)CC1. The molecule has 2 nitrogen and oxygen atoms in total. The van der Waals surface area contributed by atoms with Crippen molar-refractivity contribution >= 4 is 0 Å². The van der Waals surface area contributed by atoms with Gasteiger partial charge in [0.25, 0.3) is 0 Å². The molecule has 152 valence electrons. The first-order valence-corrected chi connectivity index (χ1v) is 11.3. The zero-order valence-corrected chi connectivity index (χ0v) is 17.6. The normalized spacial score (nSPS) is 19.7. The molecule has 28 heavy (non-hydrogen) atoms. The summed E-state index contributed by atoms with van der Waals surface area (Å²) in [6.07, 6.45) is 17.7. The Kier molecular flexibility index (Phi) is 8.00. The van der Waals surface area contributed by atoms with Gasteiger partial charge in [0.1, 0.15) is 5.82 Å². The van der Waals surface area contributed by atoms with Crippen LogP contribution in [0.3, 0.4) is 0 Å². The maximum Gasteiger partial charge on any atom is 0.162 e. The third kappa shape index (κ3) is 5.86. The van der Waals surface area contributed by atoms with Crippen LogP contribution in [0.1, 0.15) is 82.8 Å². The van der Waals surface area contributed by atoms with Gasteiger partial charge in [-0.2, -0.15) is 0 Å². The molecule has 0 bridgehead atoms. The quantitative estimate of drug-likeness (QED) is 0.430. The molecular formula is C25H35FN2. The van der Waals surface area contributed by atoms with Crippen molar-refractivity contribution in [3.8, 4) is 11.4 Å². The van der Waals surface area contributed by atoms with Gasteiger partial charge in [-0.05, 0) is 54.4 Å². The van der Waals surface area contributed by atoms with Crippen LogP contribution in [0.4, 0.5) is 4.39 Å². The number of rotatable bonds is 9. The van der Waals surface area contributed by atoms with Crippen LogP contribution < -0.4 is 0 Å². The number of hydrogen-bond donors (Lipinski definition) is 0. The molecule has 0 aliphatic heterocycles. The summed E-state index contributed by atoms with van der Waals surface area (Å²) in [4.78, 5) is 8.62. The monoisotopic (exact) mass is 382 g/mol. The van der Waals surface area contributed by atoms with Crippen LogP contribution in [0.5, 0.6) is 0 Å². The Labute approximate surface area is 170 Å². The van der Waals surface area contributed by atoms with Crippen molar-refractivity contribution in [3.05, 3.63) is 47.5 Å². The standard InChI is InChI=1S/C25H35FN2/c1-3-5-6-7-20-8-10-21(11-9-20)12-13-22-14-15-23(24(26)16-22)25-27-17-19(4-2)18-28-25/h14-18,20-21H,3-13H2,1-2H3/t20-,21-. The molecule has 1 aliphatic carbocycles. The highest BCUT2D eigenvalue weighted by molar-refractivity contribution is 5.56. The summed E-state index contributed by atoms with van der Waals surface area (Å²) in [7, 11) is 0. The Hall–Kier alpha value is -1.77. The summed E-state index contributed by atoms with van der Waals surface area (Å²) in [5, 5.41) is 0. The van der Waals surface area contributed by atoms with Gasteiger partial charge in [-0.3, -0.25) is 0 Å². The van der Waals surface area contributed by atoms with E-state index in [9.17, 15) is 4.39 Å². The van der Waals surface area contributed by atoms with Gasteiger partial charge in [-0.25, -0.2) is 14.4 Å². The Morgan fingerprint density at radius 2 is 1.57 bits per heavy atom. The fraction of sp³-hybridized carbons (Fsp3) is 0.600. The van der Waals surface area contributed by atoms with Gasteiger partial charge in [-0.15, -0.1) is 0 Å². The number of hydrogen-bond acceptors (Lipinski definition) is 2. The van der Waals surface area contributed by atoms with E-state index in [0.29, 0.717) is 11.4 Å². The minimum atomic E-state index is -0.207. The third-order valence-electron chi connectivity index (χ3n) is 6.41. The molecule has 3 heteroatoms. The van der Waals surface area contributed by atoms with Crippen molar-refractivity contribution in [2.75, 3.05) is 0 Å². The number of aryl methyl sites for hydroxylation is 2. The average molecular weight is 383 g/mol. The van der Waals surface area contributed by atoms with E-state index in [-0.39, 0.29) is 5.82 Å². The fourth-order valence-electron chi connectivity index (χ4n) is 4.43. The summed E-state index contributed by atoms with van der Waals surface area (Å²) >= 11 is 0. The summed E-state index contributed by atoms with van der Waals surface area (Å²) in [6, 6.07) is 5.57. The lowest BCUT2D eigenvalue weighted by atomic mass is 9.78. The molecule has 1 aliphatic rings. The molecule has 1 fully saturated rings. The third-order valence-corrected chi connectivity index (χ3v) is 6.41. The number of nitrogens with zero attached hydrogens (tertiary/aromatic N) is 2. The van der Waals surface area contributed by atoms with Gasteiger partial charge in [0, 0.05) is 12.4 Å². The second kappa shape index (κ2) is 10.7. The van der Waals surface area contributed by atoms with Crippen LogP contribution >= 0.6 is 0 Å². The molecule has 3 rings (SSSR count). The molecule has 2 aromatic rings. The van der Waals surface area contributed by atoms with E-state index in [1.54, 1.807) is 18.5 Å². The summed E-state index contributed by atoms with van der Waals surface area (Å²) in [5.74, 6) is 2.04. The Morgan fingerprint density at radius 3 is 2.18 bits per heavy atom. The van der Waals surface area contributed by atoms with Gasteiger partial charge >= 0.3 is 0 Å². The molecule has 0 spiro atoms. The van der Waals surface area contributed by atoms with Gasteiger partial charge in [0.05, 0.1) is 5.56 Å². The molecule has 0 atom stereocenters. The highest BCUT2D eigenvalue weighted by Crippen LogP contribution is 2.34. The van der Waals surface area contributed by atoms with Crippen LogP contribution in [0, 0.1) is 17.7 Å². The Balaban J connectivity index is 1.48. The lowest BCUT2D eigenvalue weighted by Gasteiger charge is -2.28. The van der Waals surface area contributed by atoms with E-state index >= 15 is 0 Å². The van der Waals surface area contributed by atoms with Gasteiger partial charge in [0.15, 0.2) is 5.82 Å². The van der Waals surface area contributed by atoms with Crippen LogP contribution in [0.25, 0.3) is 11.4 Å². The van der Waals surface area contributed by atoms with Crippen molar-refractivity contribution in [3.63, 3.8) is 0 Å². The zero-order chi connectivity index (χ0) is 19.8. The van der Waals surface area contributed by atoms with Crippen molar-refractivity contribution in [2.24, 2.45) is 11.8 Å². The van der Waals surface area contributed by atoms with E-state index < -0.39 is 0 Å². The molecule has 1 aromatic heterocycles. The molecule has 0 amide bonds. The van der Waals surface area contributed by atoms with E-state index in [0.717, 1.165) is 35.8 Å². The van der Waals surface area contributed by atoms with Crippen LogP contribution in [-0.2, 0) is 12.8 Å². The summed E-state index contributed by atoms with van der Waals surface area (Å²) < 4.78 is 14.6. The second-order valence-electron chi connectivity index (χ2n) is 8.50. The number of unbranched alkanes of at least 4 members (excludes halogenated alkanes) is 2. The minimum absolute atomic E-state index is 0.207. The first-order chi connectivity index (χ1) is 13.7. The van der Waals surface area contributed by atoms with E-state index in [4.69, 9.17) is 0 Å². The first-order valence-electron chi connectivity index (χ1n) is 11.3. The molecule has 1 heterocycles. The molecule has 0 unspecified atom stereocenters. The molecular weight excluding hydrogens is 347 g/mol. The minimum Gasteiger partial charge on any atom is -0.236 e. The Morgan fingerprint density at radius 1 is 0.893 bits per heavy atom. The fourth-order valence-corrected chi connectivity index (χ4v) is 4.43. The maximum atomic E-state index is 14.6. The highest BCUT2D eigenvalue weighted by Gasteiger charge is 2.20. The molecule has 0 radical (unpaired) electrons. The lowest BCUT2D eigenvalue weighted by Crippen LogP contribution is -2.15. The Bertz CT molecular complexity index is 718. The van der Waals surface area contributed by atoms with Crippen molar-refractivity contribution in [1.82, 2.24) is 9.97 Å². The number of halogens is 1. The first kappa shape index (κ1) is 21.0. The molecule has 0 N–H and O–H groups in total. The molecule has 1 saturated carbocycles. The van der Waals surface area contributed by atoms with Crippen molar-refractivity contribution in [1.29, 1.82) is 0 Å². The summed E-state index contributed by atoms with van der Waals surface area (Å²) in [6.45, 7) is 4.34. The smallest absolute Gasteiger partial charge is 0.162 e. The topological polar surface area (TPSA) is 25.8 Å². The van der Waals surface area contributed by atoms with Crippen LogP contribution in [-0.4, -0.2) is 9.97 Å². The average Bonchev–Trinajstić information content (AvgIpc) is 2.73. The van der Waals surface area contributed by atoms with Gasteiger partial charge in [0.2, 0.25) is 0 Å². The zero-order valence-electron chi connectivity index (χ0n) is 17.6. The van der Waals surface area contributed by atoms with E-state index in [1.807, 2.05) is 12.1 Å². The van der Waals surface area contributed by atoms with Crippen LogP contribution in [0.15, 0.2) is 30.6 Å².